The molecule has 4 rings (SSSR count). The summed E-state index contributed by atoms with van der Waals surface area (Å²) in [7, 11) is 3.22. The van der Waals surface area contributed by atoms with E-state index in [-0.39, 0.29) is 24.4 Å². The molecule has 1 heterocycles. The Morgan fingerprint density at radius 3 is 2.46 bits per heavy atom. The van der Waals surface area contributed by atoms with E-state index >= 15 is 0 Å². The van der Waals surface area contributed by atoms with Crippen LogP contribution in [0.5, 0.6) is 11.5 Å². The van der Waals surface area contributed by atoms with Crippen molar-refractivity contribution in [2.75, 3.05) is 27.3 Å². The second-order valence-corrected chi connectivity index (χ2v) is 10.4. The molecule has 0 spiro atoms. The van der Waals surface area contributed by atoms with Crippen molar-refractivity contribution in [1.82, 2.24) is 9.80 Å². The maximum absolute atomic E-state index is 13.6. The van der Waals surface area contributed by atoms with Gasteiger partial charge in [0.05, 0.1) is 26.3 Å². The number of thiophene rings is 1. The van der Waals surface area contributed by atoms with Crippen molar-refractivity contribution >= 4 is 39.1 Å². The van der Waals surface area contributed by atoms with Crippen LogP contribution in [0.1, 0.15) is 33.6 Å². The Hall–Kier alpha value is -2.84. The molecule has 0 unspecified atom stereocenters. The fourth-order valence-corrected chi connectivity index (χ4v) is 5.14. The van der Waals surface area contributed by atoms with Crippen molar-refractivity contribution in [3.8, 4) is 11.5 Å². The van der Waals surface area contributed by atoms with E-state index in [4.69, 9.17) is 9.47 Å². The molecule has 1 aliphatic carbocycles. The van der Waals surface area contributed by atoms with Crippen molar-refractivity contribution in [3.05, 3.63) is 80.5 Å². The Morgan fingerprint density at radius 1 is 1.03 bits per heavy atom. The highest BCUT2D eigenvalue weighted by Crippen LogP contribution is 2.30. The molecule has 2 aromatic carbocycles. The molecule has 6 nitrogen and oxygen atoms in total. The number of carbonyl (C=O) groups is 2. The number of rotatable bonds is 11. The van der Waals surface area contributed by atoms with Crippen LogP contribution < -0.4 is 9.47 Å². The van der Waals surface area contributed by atoms with Gasteiger partial charge in [0.25, 0.3) is 5.91 Å². The van der Waals surface area contributed by atoms with Crippen LogP contribution in [0.2, 0.25) is 0 Å². The van der Waals surface area contributed by atoms with Crippen LogP contribution in [0.4, 0.5) is 0 Å². The van der Waals surface area contributed by atoms with Gasteiger partial charge < -0.3 is 19.3 Å². The number of benzene rings is 2. The van der Waals surface area contributed by atoms with Gasteiger partial charge in [0.2, 0.25) is 5.91 Å². The lowest BCUT2D eigenvalue weighted by Crippen LogP contribution is -2.44. The number of halogens is 1. The third kappa shape index (κ3) is 6.44. The number of amides is 2. The van der Waals surface area contributed by atoms with E-state index in [2.05, 4.69) is 15.9 Å². The van der Waals surface area contributed by atoms with Crippen LogP contribution in [-0.2, 0) is 17.8 Å². The van der Waals surface area contributed by atoms with Crippen LogP contribution in [0.15, 0.2) is 64.5 Å². The monoisotopic (exact) mass is 556 g/mol. The van der Waals surface area contributed by atoms with E-state index in [0.29, 0.717) is 36.6 Å². The Balaban J connectivity index is 1.50. The first-order valence-electron chi connectivity index (χ1n) is 11.6. The van der Waals surface area contributed by atoms with Crippen molar-refractivity contribution in [1.29, 1.82) is 0 Å². The summed E-state index contributed by atoms with van der Waals surface area (Å²) in [5, 5.41) is 2.01. The molecule has 1 saturated carbocycles. The number of hydrogen-bond acceptors (Lipinski definition) is 5. The van der Waals surface area contributed by atoms with E-state index in [1.165, 1.54) is 0 Å². The molecule has 184 valence electrons. The first-order valence-corrected chi connectivity index (χ1v) is 13.2. The van der Waals surface area contributed by atoms with Crippen molar-refractivity contribution < 1.29 is 19.1 Å². The Bertz CT molecular complexity index is 1160. The standard InChI is InChI=1S/C27H29BrN2O4S/c1-33-24-12-9-19(16-25(24)34-2)13-14-29(17-21-6-5-15-35-21)26(31)18-30(20-10-11-20)27(32)22-7-3-4-8-23(22)28/h3-9,12,15-16,20H,10-11,13-14,17-18H2,1-2H3. The fraction of sp³-hybridized carbons (Fsp3) is 0.333. The highest BCUT2D eigenvalue weighted by molar-refractivity contribution is 9.10. The average Bonchev–Trinajstić information content (AvgIpc) is 3.59. The number of carbonyl (C=O) groups excluding carboxylic acids is 2. The quantitative estimate of drug-likeness (QED) is 0.317. The Morgan fingerprint density at radius 2 is 1.80 bits per heavy atom. The van der Waals surface area contributed by atoms with Gasteiger partial charge >= 0.3 is 0 Å². The predicted molar refractivity (Wildman–Crippen MR) is 141 cm³/mol. The van der Waals surface area contributed by atoms with Crippen molar-refractivity contribution in [2.45, 2.75) is 31.8 Å². The van der Waals surface area contributed by atoms with Gasteiger partial charge in [-0.05, 0) is 76.5 Å². The normalized spacial score (nSPS) is 12.8. The molecule has 0 N–H and O–H groups in total. The molecule has 3 aromatic rings. The molecule has 35 heavy (non-hydrogen) atoms. The molecule has 1 fully saturated rings. The zero-order chi connectivity index (χ0) is 24.8. The number of ether oxygens (including phenoxy) is 2. The first-order chi connectivity index (χ1) is 17.0. The van der Waals surface area contributed by atoms with Gasteiger partial charge in [-0.15, -0.1) is 11.3 Å². The van der Waals surface area contributed by atoms with E-state index < -0.39 is 0 Å². The van der Waals surface area contributed by atoms with Gasteiger partial charge in [-0.3, -0.25) is 9.59 Å². The molecule has 0 bridgehead atoms. The fourth-order valence-electron chi connectivity index (χ4n) is 3.97. The van der Waals surface area contributed by atoms with Gasteiger partial charge in [0, 0.05) is 21.9 Å². The molecule has 1 aliphatic rings. The van der Waals surface area contributed by atoms with Crippen molar-refractivity contribution in [2.24, 2.45) is 0 Å². The largest absolute Gasteiger partial charge is 0.493 e. The van der Waals surface area contributed by atoms with E-state index in [9.17, 15) is 9.59 Å². The summed E-state index contributed by atoms with van der Waals surface area (Å²) in [6, 6.07) is 17.3. The van der Waals surface area contributed by atoms with Crippen LogP contribution in [-0.4, -0.2) is 55.0 Å². The van der Waals surface area contributed by atoms with E-state index in [1.54, 1.807) is 36.5 Å². The number of hydrogen-bond donors (Lipinski definition) is 0. The van der Waals surface area contributed by atoms with Crippen LogP contribution in [0.3, 0.4) is 0 Å². The van der Waals surface area contributed by atoms with Crippen LogP contribution >= 0.6 is 27.3 Å². The minimum atomic E-state index is -0.107. The summed E-state index contributed by atoms with van der Waals surface area (Å²) in [6.07, 6.45) is 2.53. The summed E-state index contributed by atoms with van der Waals surface area (Å²) in [4.78, 5) is 31.6. The van der Waals surface area contributed by atoms with Gasteiger partial charge in [-0.2, -0.15) is 0 Å². The highest BCUT2D eigenvalue weighted by Gasteiger charge is 2.35. The van der Waals surface area contributed by atoms with Crippen LogP contribution in [0, 0.1) is 0 Å². The molecular weight excluding hydrogens is 528 g/mol. The molecule has 0 saturated heterocycles. The molecule has 0 aliphatic heterocycles. The summed E-state index contributed by atoms with van der Waals surface area (Å²) < 4.78 is 11.5. The van der Waals surface area contributed by atoms with Gasteiger partial charge in [-0.1, -0.05) is 24.3 Å². The number of nitrogens with zero attached hydrogens (tertiary/aromatic N) is 2. The summed E-state index contributed by atoms with van der Waals surface area (Å²) in [6.45, 7) is 1.13. The lowest BCUT2D eigenvalue weighted by Gasteiger charge is -2.28. The van der Waals surface area contributed by atoms with Crippen LogP contribution in [0.25, 0.3) is 0 Å². The SMILES string of the molecule is COc1ccc(CCN(Cc2cccs2)C(=O)CN(C(=O)c2ccccc2Br)C2CC2)cc1OC. The zero-order valence-corrected chi connectivity index (χ0v) is 22.3. The van der Waals surface area contributed by atoms with Gasteiger partial charge in [0.1, 0.15) is 6.54 Å². The third-order valence-corrected chi connectivity index (χ3v) is 7.61. The third-order valence-electron chi connectivity index (χ3n) is 6.06. The zero-order valence-electron chi connectivity index (χ0n) is 19.9. The molecule has 1 aromatic heterocycles. The molecule has 0 radical (unpaired) electrons. The topological polar surface area (TPSA) is 59.1 Å². The van der Waals surface area contributed by atoms with Gasteiger partial charge in [-0.25, -0.2) is 0 Å². The Labute approximate surface area is 218 Å². The second-order valence-electron chi connectivity index (χ2n) is 8.48. The average molecular weight is 558 g/mol. The molecule has 0 atom stereocenters. The highest BCUT2D eigenvalue weighted by atomic mass is 79.9. The maximum Gasteiger partial charge on any atom is 0.255 e. The number of methoxy groups -OCH3 is 2. The maximum atomic E-state index is 13.6. The minimum Gasteiger partial charge on any atom is -0.493 e. The molecule has 2 amide bonds. The smallest absolute Gasteiger partial charge is 0.255 e. The summed E-state index contributed by atoms with van der Waals surface area (Å²) in [5.41, 5.74) is 1.64. The van der Waals surface area contributed by atoms with Gasteiger partial charge in [0.15, 0.2) is 11.5 Å². The lowest BCUT2D eigenvalue weighted by molar-refractivity contribution is -0.132. The molecule has 8 heteroatoms. The predicted octanol–water partition coefficient (Wildman–Crippen LogP) is 5.40. The first kappa shape index (κ1) is 25.3. The summed E-state index contributed by atoms with van der Waals surface area (Å²) >= 11 is 5.11. The van der Waals surface area contributed by atoms with E-state index in [0.717, 1.165) is 27.8 Å². The minimum absolute atomic E-state index is 0.0498. The Kier molecular flexibility index (Phi) is 8.46. The lowest BCUT2D eigenvalue weighted by atomic mass is 10.1. The van der Waals surface area contributed by atoms with E-state index in [1.807, 2.05) is 58.8 Å². The second kappa shape index (κ2) is 11.7. The van der Waals surface area contributed by atoms with Crippen molar-refractivity contribution in [3.63, 3.8) is 0 Å². The summed E-state index contributed by atoms with van der Waals surface area (Å²) in [5.74, 6) is 1.18. The molecular formula is C27H29BrN2O4S.